The maximum Gasteiger partial charge on any atom is 0.143 e. The first-order valence-electron chi connectivity index (χ1n) is 13.3. The van der Waals surface area contributed by atoms with Gasteiger partial charge in [-0.1, -0.05) is 121 Å². The molecule has 0 aliphatic heterocycles. The molecule has 1 aromatic heterocycles. The number of benzene rings is 7. The monoisotopic (exact) mass is 496 g/mol. The molecule has 0 bridgehead atoms. The SMILES string of the molecule is c1cc(-c2cccc(-c3cccc4c3oc3ccccc34)c2)cc(-c2ccc3c(ccc4ccccc43)c2)c1. The number of furan rings is 1. The van der Waals surface area contributed by atoms with Crippen LogP contribution in [0.2, 0.25) is 0 Å². The highest BCUT2D eigenvalue weighted by Gasteiger charge is 2.12. The lowest BCUT2D eigenvalue weighted by Gasteiger charge is -2.10. The Morgan fingerprint density at radius 3 is 1.77 bits per heavy atom. The summed E-state index contributed by atoms with van der Waals surface area (Å²) in [5.74, 6) is 0. The summed E-state index contributed by atoms with van der Waals surface area (Å²) < 4.78 is 6.32. The predicted octanol–water partition coefficient (Wildman–Crippen LogP) is 10.9. The van der Waals surface area contributed by atoms with Crippen LogP contribution < -0.4 is 0 Å². The molecule has 39 heavy (non-hydrogen) atoms. The Morgan fingerprint density at radius 2 is 0.923 bits per heavy atom. The fraction of sp³-hybridized carbons (Fsp3) is 0. The van der Waals surface area contributed by atoms with Crippen LogP contribution in [0.25, 0.3) is 76.9 Å². The second-order valence-corrected chi connectivity index (χ2v) is 10.2. The van der Waals surface area contributed by atoms with Gasteiger partial charge in [-0.05, 0) is 73.6 Å². The topological polar surface area (TPSA) is 13.1 Å². The molecule has 0 saturated carbocycles. The number of rotatable bonds is 3. The first-order valence-corrected chi connectivity index (χ1v) is 13.3. The molecule has 0 atom stereocenters. The average molecular weight is 497 g/mol. The first kappa shape index (κ1) is 21.9. The zero-order valence-electron chi connectivity index (χ0n) is 21.3. The fourth-order valence-electron chi connectivity index (χ4n) is 5.91. The number of para-hydroxylation sites is 2. The normalized spacial score (nSPS) is 11.6. The summed E-state index contributed by atoms with van der Waals surface area (Å²) in [6.45, 7) is 0. The van der Waals surface area contributed by atoms with E-state index in [1.807, 2.05) is 12.1 Å². The third-order valence-corrected chi connectivity index (χ3v) is 7.85. The van der Waals surface area contributed by atoms with Crippen LogP contribution in [-0.2, 0) is 0 Å². The van der Waals surface area contributed by atoms with E-state index >= 15 is 0 Å². The molecule has 1 heteroatoms. The van der Waals surface area contributed by atoms with E-state index in [0.717, 1.165) is 33.1 Å². The van der Waals surface area contributed by atoms with Crippen molar-refractivity contribution in [2.24, 2.45) is 0 Å². The molecule has 8 rings (SSSR count). The smallest absolute Gasteiger partial charge is 0.143 e. The number of hydrogen-bond donors (Lipinski definition) is 0. The van der Waals surface area contributed by atoms with Crippen molar-refractivity contribution in [1.29, 1.82) is 0 Å². The molecular weight excluding hydrogens is 472 g/mol. The molecule has 1 nitrogen and oxygen atoms in total. The van der Waals surface area contributed by atoms with Crippen molar-refractivity contribution in [1.82, 2.24) is 0 Å². The molecule has 8 aromatic rings. The van der Waals surface area contributed by atoms with E-state index in [1.54, 1.807) is 0 Å². The van der Waals surface area contributed by atoms with Gasteiger partial charge in [0.15, 0.2) is 0 Å². The molecule has 0 fully saturated rings. The molecule has 1 heterocycles. The largest absolute Gasteiger partial charge is 0.455 e. The van der Waals surface area contributed by atoms with Crippen LogP contribution in [0.4, 0.5) is 0 Å². The minimum atomic E-state index is 0.923. The Balaban J connectivity index is 1.21. The lowest BCUT2D eigenvalue weighted by Crippen LogP contribution is -1.85. The van der Waals surface area contributed by atoms with E-state index in [9.17, 15) is 0 Å². The summed E-state index contributed by atoms with van der Waals surface area (Å²) in [5.41, 5.74) is 8.96. The van der Waals surface area contributed by atoms with E-state index < -0.39 is 0 Å². The van der Waals surface area contributed by atoms with E-state index in [4.69, 9.17) is 4.42 Å². The van der Waals surface area contributed by atoms with Crippen LogP contribution in [0.1, 0.15) is 0 Å². The van der Waals surface area contributed by atoms with E-state index in [2.05, 4.69) is 133 Å². The molecule has 0 unspecified atom stereocenters. The molecular formula is C38H24O. The molecule has 0 spiro atoms. The Bertz CT molecular complexity index is 2180. The van der Waals surface area contributed by atoms with Gasteiger partial charge in [0.2, 0.25) is 0 Å². The van der Waals surface area contributed by atoms with Gasteiger partial charge in [-0.3, -0.25) is 0 Å². The molecule has 0 saturated heterocycles. The summed E-state index contributed by atoms with van der Waals surface area (Å²) in [7, 11) is 0. The standard InChI is InChI=1S/C38H24O/c1-2-13-32-25(8-1)18-19-31-24-29(20-21-33(31)32)27-10-5-9-26(22-27)28-11-6-12-30(23-28)34-15-7-16-36-35-14-3-4-17-37(35)39-38(34)36/h1-24H. The Labute approximate surface area is 226 Å². The van der Waals surface area contributed by atoms with E-state index in [1.165, 1.54) is 43.8 Å². The molecule has 0 aliphatic carbocycles. The van der Waals surface area contributed by atoms with Gasteiger partial charge in [-0.25, -0.2) is 0 Å². The Hall–Kier alpha value is -5.14. The van der Waals surface area contributed by atoms with Crippen molar-refractivity contribution >= 4 is 43.5 Å². The van der Waals surface area contributed by atoms with Crippen LogP contribution in [-0.4, -0.2) is 0 Å². The molecule has 0 N–H and O–H groups in total. The van der Waals surface area contributed by atoms with Gasteiger partial charge in [0.1, 0.15) is 11.2 Å². The molecule has 0 aliphatic rings. The van der Waals surface area contributed by atoms with Crippen LogP contribution in [0, 0.1) is 0 Å². The highest BCUT2D eigenvalue weighted by Crippen LogP contribution is 2.37. The average Bonchev–Trinajstić information content (AvgIpc) is 3.40. The maximum atomic E-state index is 6.32. The van der Waals surface area contributed by atoms with Crippen molar-refractivity contribution < 1.29 is 4.42 Å². The van der Waals surface area contributed by atoms with Crippen LogP contribution in [0.5, 0.6) is 0 Å². The van der Waals surface area contributed by atoms with Gasteiger partial charge >= 0.3 is 0 Å². The van der Waals surface area contributed by atoms with Gasteiger partial charge in [0.05, 0.1) is 0 Å². The Morgan fingerprint density at radius 1 is 0.333 bits per heavy atom. The van der Waals surface area contributed by atoms with Crippen LogP contribution in [0.3, 0.4) is 0 Å². The minimum Gasteiger partial charge on any atom is -0.455 e. The van der Waals surface area contributed by atoms with Gasteiger partial charge in [-0.15, -0.1) is 0 Å². The first-order chi connectivity index (χ1) is 19.3. The minimum absolute atomic E-state index is 0.923. The molecule has 182 valence electrons. The highest BCUT2D eigenvalue weighted by atomic mass is 16.3. The number of hydrogen-bond acceptors (Lipinski definition) is 1. The van der Waals surface area contributed by atoms with Crippen LogP contribution >= 0.6 is 0 Å². The fourth-order valence-corrected chi connectivity index (χ4v) is 5.91. The van der Waals surface area contributed by atoms with Crippen molar-refractivity contribution in [3.05, 3.63) is 146 Å². The lowest BCUT2D eigenvalue weighted by molar-refractivity contribution is 0.670. The van der Waals surface area contributed by atoms with Gasteiger partial charge in [0, 0.05) is 16.3 Å². The summed E-state index contributed by atoms with van der Waals surface area (Å²) >= 11 is 0. The number of fused-ring (bicyclic) bond motifs is 6. The van der Waals surface area contributed by atoms with Crippen LogP contribution in [0.15, 0.2) is 150 Å². The molecule has 7 aromatic carbocycles. The zero-order valence-corrected chi connectivity index (χ0v) is 21.3. The summed E-state index contributed by atoms with van der Waals surface area (Å²) in [5, 5.41) is 7.43. The molecule has 0 radical (unpaired) electrons. The maximum absolute atomic E-state index is 6.32. The second kappa shape index (κ2) is 8.72. The predicted molar refractivity (Wildman–Crippen MR) is 165 cm³/mol. The van der Waals surface area contributed by atoms with E-state index in [0.29, 0.717) is 0 Å². The quantitative estimate of drug-likeness (QED) is 0.222. The highest BCUT2D eigenvalue weighted by molar-refractivity contribution is 6.10. The summed E-state index contributed by atoms with van der Waals surface area (Å²) in [4.78, 5) is 0. The third kappa shape index (κ3) is 3.63. The lowest BCUT2D eigenvalue weighted by atomic mass is 9.94. The second-order valence-electron chi connectivity index (χ2n) is 10.2. The summed E-state index contributed by atoms with van der Waals surface area (Å²) in [6.07, 6.45) is 0. The van der Waals surface area contributed by atoms with Gasteiger partial charge in [-0.2, -0.15) is 0 Å². The molecule has 0 amide bonds. The van der Waals surface area contributed by atoms with Crippen molar-refractivity contribution in [3.63, 3.8) is 0 Å². The zero-order chi connectivity index (χ0) is 25.8. The van der Waals surface area contributed by atoms with Gasteiger partial charge in [0.25, 0.3) is 0 Å². The summed E-state index contributed by atoms with van der Waals surface area (Å²) in [6, 6.07) is 52.1. The van der Waals surface area contributed by atoms with Crippen molar-refractivity contribution in [3.8, 4) is 33.4 Å². The van der Waals surface area contributed by atoms with E-state index in [-0.39, 0.29) is 0 Å². The Kier molecular flexibility index (Phi) is 4.89. The third-order valence-electron chi connectivity index (χ3n) is 7.85. The van der Waals surface area contributed by atoms with Gasteiger partial charge < -0.3 is 4.42 Å². The van der Waals surface area contributed by atoms with Crippen molar-refractivity contribution in [2.45, 2.75) is 0 Å². The van der Waals surface area contributed by atoms with Crippen molar-refractivity contribution in [2.75, 3.05) is 0 Å².